The zero-order valence-corrected chi connectivity index (χ0v) is 12.9. The van der Waals surface area contributed by atoms with E-state index in [2.05, 4.69) is 4.99 Å². The molecule has 0 bridgehead atoms. The minimum absolute atomic E-state index is 0.0254. The maximum atomic E-state index is 14.5. The van der Waals surface area contributed by atoms with Crippen LogP contribution in [0.25, 0.3) is 0 Å². The zero-order valence-electron chi connectivity index (χ0n) is 12.1. The number of nitriles is 1. The van der Waals surface area contributed by atoms with Gasteiger partial charge in [-0.3, -0.25) is 0 Å². The molecular formula is C15H15F2N3O2S. The lowest BCUT2D eigenvalue weighted by molar-refractivity contribution is -0.0771. The molecule has 1 saturated heterocycles. The van der Waals surface area contributed by atoms with Crippen LogP contribution in [0.5, 0.6) is 0 Å². The minimum atomic E-state index is -1.09. The number of hydrogen-bond donors (Lipinski definition) is 2. The molecule has 0 amide bonds. The number of aliphatic hydroxyl groups excluding tert-OH is 1. The first-order valence-electron chi connectivity index (χ1n) is 7.10. The Morgan fingerprint density at radius 1 is 1.48 bits per heavy atom. The molecule has 2 aliphatic rings. The molecule has 2 aliphatic heterocycles. The van der Waals surface area contributed by atoms with E-state index in [1.807, 2.05) is 0 Å². The van der Waals surface area contributed by atoms with Crippen LogP contribution in [0, 0.1) is 28.9 Å². The highest BCUT2D eigenvalue weighted by atomic mass is 32.2. The molecule has 1 fully saturated rings. The van der Waals surface area contributed by atoms with Gasteiger partial charge >= 0.3 is 0 Å². The Balaban J connectivity index is 2.14. The number of hydrogen-bond acceptors (Lipinski definition) is 6. The molecule has 3 atom stereocenters. The van der Waals surface area contributed by atoms with Gasteiger partial charge in [0.2, 0.25) is 0 Å². The van der Waals surface area contributed by atoms with Gasteiger partial charge in [0.25, 0.3) is 0 Å². The van der Waals surface area contributed by atoms with Crippen molar-refractivity contribution >= 4 is 16.9 Å². The summed E-state index contributed by atoms with van der Waals surface area (Å²) in [5.41, 5.74) is 4.60. The summed E-state index contributed by atoms with van der Waals surface area (Å²) in [5.74, 6) is -1.22. The molecule has 8 heteroatoms. The number of aliphatic imine (C=N–C) groups is 1. The Morgan fingerprint density at radius 2 is 2.26 bits per heavy atom. The molecule has 5 nitrogen and oxygen atoms in total. The maximum absolute atomic E-state index is 14.5. The predicted molar refractivity (Wildman–Crippen MR) is 81.8 cm³/mol. The second-order valence-electron chi connectivity index (χ2n) is 5.66. The fraction of sp³-hybridized carbons (Fsp3) is 0.467. The first-order chi connectivity index (χ1) is 11.0. The minimum Gasteiger partial charge on any atom is -0.394 e. The normalized spacial score (nSPS) is 30.3. The Hall–Kier alpha value is -1.69. The van der Waals surface area contributed by atoms with Crippen molar-refractivity contribution in [2.75, 3.05) is 19.0 Å². The quantitative estimate of drug-likeness (QED) is 0.852. The van der Waals surface area contributed by atoms with Crippen molar-refractivity contribution in [2.45, 2.75) is 18.1 Å². The topological polar surface area (TPSA) is 91.6 Å². The van der Waals surface area contributed by atoms with Crippen LogP contribution >= 0.6 is 11.8 Å². The largest absolute Gasteiger partial charge is 0.394 e. The molecule has 2 heterocycles. The van der Waals surface area contributed by atoms with Crippen LogP contribution in [-0.2, 0) is 10.3 Å². The van der Waals surface area contributed by atoms with Gasteiger partial charge in [-0.25, -0.2) is 13.8 Å². The van der Waals surface area contributed by atoms with Crippen LogP contribution in [0.3, 0.4) is 0 Å². The number of amidine groups is 1. The summed E-state index contributed by atoms with van der Waals surface area (Å²) >= 11 is 1.36. The van der Waals surface area contributed by atoms with Crippen LogP contribution in [0.15, 0.2) is 17.1 Å². The molecule has 0 radical (unpaired) electrons. The van der Waals surface area contributed by atoms with E-state index in [1.54, 1.807) is 6.07 Å². The van der Waals surface area contributed by atoms with Gasteiger partial charge < -0.3 is 15.6 Å². The van der Waals surface area contributed by atoms with Crippen molar-refractivity contribution in [1.82, 2.24) is 0 Å². The maximum Gasteiger partial charge on any atom is 0.154 e. The molecule has 1 unspecified atom stereocenters. The van der Waals surface area contributed by atoms with Gasteiger partial charge in [0.1, 0.15) is 23.2 Å². The van der Waals surface area contributed by atoms with Crippen LogP contribution in [0.2, 0.25) is 0 Å². The average Bonchev–Trinajstić information content (AvgIpc) is 2.54. The Morgan fingerprint density at radius 3 is 2.96 bits per heavy atom. The van der Waals surface area contributed by atoms with E-state index in [0.717, 1.165) is 0 Å². The number of halogens is 2. The number of fused-ring (bicyclic) bond motifs is 1. The molecule has 122 valence electrons. The fourth-order valence-corrected chi connectivity index (χ4v) is 4.15. The lowest BCUT2D eigenvalue weighted by Crippen LogP contribution is -2.51. The van der Waals surface area contributed by atoms with Crippen molar-refractivity contribution in [3.05, 3.63) is 34.9 Å². The molecule has 0 aliphatic carbocycles. The van der Waals surface area contributed by atoms with Crippen molar-refractivity contribution < 1.29 is 18.6 Å². The standard InChI is InChI=1S/C15H15F2N3O2S/c16-12-3-13(17)11(1-8(12)4-18)15-7-22-10(5-21)2-9(15)6-23-14(19)20-15/h1,3,9-10,21H,2,5-7H2,(H2,19,20)/t9-,10+,15?/m0/s1. The van der Waals surface area contributed by atoms with Crippen LogP contribution in [0.4, 0.5) is 8.78 Å². The van der Waals surface area contributed by atoms with E-state index in [9.17, 15) is 13.9 Å². The second kappa shape index (κ2) is 6.07. The molecule has 0 saturated carbocycles. The van der Waals surface area contributed by atoms with E-state index in [0.29, 0.717) is 23.4 Å². The summed E-state index contributed by atoms with van der Waals surface area (Å²) in [7, 11) is 0. The third kappa shape index (κ3) is 2.69. The molecular weight excluding hydrogens is 324 g/mol. The Bertz CT molecular complexity index is 707. The molecule has 3 rings (SSSR count). The summed E-state index contributed by atoms with van der Waals surface area (Å²) in [5, 5.41) is 18.6. The molecule has 23 heavy (non-hydrogen) atoms. The summed E-state index contributed by atoms with van der Waals surface area (Å²) in [4.78, 5) is 4.42. The summed E-state index contributed by atoms with van der Waals surface area (Å²) in [6.07, 6.45) is 0.140. The van der Waals surface area contributed by atoms with Crippen molar-refractivity contribution in [1.29, 1.82) is 5.26 Å². The van der Waals surface area contributed by atoms with Gasteiger partial charge in [-0.1, -0.05) is 11.8 Å². The van der Waals surface area contributed by atoms with Crippen molar-refractivity contribution in [3.63, 3.8) is 0 Å². The molecule has 0 aromatic heterocycles. The van der Waals surface area contributed by atoms with Crippen LogP contribution in [0.1, 0.15) is 17.5 Å². The highest BCUT2D eigenvalue weighted by Gasteiger charge is 2.49. The molecule has 0 spiro atoms. The summed E-state index contributed by atoms with van der Waals surface area (Å²) in [6, 6.07) is 3.61. The van der Waals surface area contributed by atoms with E-state index < -0.39 is 17.2 Å². The molecule has 1 aromatic rings. The Labute approximate surface area is 136 Å². The number of nitrogens with zero attached hydrogens (tertiary/aromatic N) is 2. The van der Waals surface area contributed by atoms with Gasteiger partial charge in [0, 0.05) is 23.3 Å². The van der Waals surface area contributed by atoms with E-state index in [1.165, 1.54) is 17.8 Å². The lowest BCUT2D eigenvalue weighted by Gasteiger charge is -2.46. The molecule has 3 N–H and O–H groups in total. The number of ether oxygens (including phenoxy) is 1. The van der Waals surface area contributed by atoms with Crippen LogP contribution < -0.4 is 5.73 Å². The zero-order chi connectivity index (χ0) is 16.6. The third-order valence-electron chi connectivity index (χ3n) is 4.35. The van der Waals surface area contributed by atoms with E-state index >= 15 is 0 Å². The second-order valence-corrected chi connectivity index (χ2v) is 6.70. The summed E-state index contributed by atoms with van der Waals surface area (Å²) < 4.78 is 33.7. The lowest BCUT2D eigenvalue weighted by atomic mass is 9.74. The number of aliphatic hydroxyl groups is 1. The first-order valence-corrected chi connectivity index (χ1v) is 8.09. The Kier molecular flexibility index (Phi) is 4.27. The third-order valence-corrected chi connectivity index (χ3v) is 5.31. The van der Waals surface area contributed by atoms with Gasteiger partial charge in [0.15, 0.2) is 5.17 Å². The predicted octanol–water partition coefficient (Wildman–Crippen LogP) is 1.49. The first kappa shape index (κ1) is 16.2. The monoisotopic (exact) mass is 339 g/mol. The van der Waals surface area contributed by atoms with Gasteiger partial charge in [-0.2, -0.15) is 5.26 Å². The van der Waals surface area contributed by atoms with Gasteiger partial charge in [0.05, 0.1) is 24.9 Å². The SMILES string of the molecule is N#Cc1cc(C23CO[C@@H](CO)C[C@H]2CSC(N)=N3)c(F)cc1F. The highest BCUT2D eigenvalue weighted by molar-refractivity contribution is 8.13. The number of nitrogens with two attached hydrogens (primary N) is 1. The summed E-state index contributed by atoms with van der Waals surface area (Å²) in [6.45, 7) is -0.108. The number of thioether (sulfide) groups is 1. The van der Waals surface area contributed by atoms with Gasteiger partial charge in [-0.05, 0) is 12.5 Å². The van der Waals surface area contributed by atoms with Crippen molar-refractivity contribution in [3.8, 4) is 6.07 Å². The number of benzene rings is 1. The fourth-order valence-electron chi connectivity index (χ4n) is 3.14. The molecule has 1 aromatic carbocycles. The highest BCUT2D eigenvalue weighted by Crippen LogP contribution is 2.46. The van der Waals surface area contributed by atoms with E-state index in [-0.39, 0.29) is 36.4 Å². The van der Waals surface area contributed by atoms with Crippen molar-refractivity contribution in [2.24, 2.45) is 16.6 Å². The average molecular weight is 339 g/mol. The smallest absolute Gasteiger partial charge is 0.154 e. The van der Waals surface area contributed by atoms with Crippen LogP contribution in [-0.4, -0.2) is 35.3 Å². The number of rotatable bonds is 2. The van der Waals surface area contributed by atoms with Gasteiger partial charge in [-0.15, -0.1) is 0 Å². The van der Waals surface area contributed by atoms with E-state index in [4.69, 9.17) is 15.7 Å².